The van der Waals surface area contributed by atoms with Crippen molar-refractivity contribution in [2.75, 3.05) is 0 Å². The molecule has 4 nitrogen and oxygen atoms in total. The number of carbonyl (C=O) groups excluding carboxylic acids is 1. The van der Waals surface area contributed by atoms with Crippen molar-refractivity contribution in [3.8, 4) is 17.2 Å². The molecule has 2 heterocycles. The summed E-state index contributed by atoms with van der Waals surface area (Å²) in [6.07, 6.45) is 3.56. The van der Waals surface area contributed by atoms with Crippen LogP contribution in [0.2, 0.25) is 0 Å². The zero-order chi connectivity index (χ0) is 13.9. The largest absolute Gasteiger partial charge is 0.464 e. The van der Waals surface area contributed by atoms with Gasteiger partial charge in [-0.15, -0.1) is 0 Å². The van der Waals surface area contributed by atoms with Crippen molar-refractivity contribution in [2.24, 2.45) is 0 Å². The minimum absolute atomic E-state index is 0.161. The number of hydrogen-bond donors (Lipinski definition) is 0. The number of rotatable bonds is 4. The summed E-state index contributed by atoms with van der Waals surface area (Å²) in [5, 5.41) is 9.47. The molecular weight excluding hydrogens is 254 g/mol. The normalized spacial score (nSPS) is 10.6. The smallest absolute Gasteiger partial charge is 0.199 e. The van der Waals surface area contributed by atoms with Crippen LogP contribution in [0.3, 0.4) is 0 Å². The van der Waals surface area contributed by atoms with Gasteiger partial charge >= 0.3 is 0 Å². The molecule has 3 rings (SSSR count). The Kier molecular flexibility index (Phi) is 3.10. The van der Waals surface area contributed by atoms with E-state index in [1.165, 1.54) is 6.26 Å². The molecular formula is C16H11NO3. The van der Waals surface area contributed by atoms with Crippen LogP contribution >= 0.6 is 0 Å². The van der Waals surface area contributed by atoms with E-state index in [0.717, 1.165) is 22.1 Å². The average molecular weight is 265 g/mol. The SMILES string of the molecule is N#CCCC(=O)c1cc(-c2coc3ccccc23)co1. The fraction of sp³-hybridized carbons (Fsp3) is 0.125. The van der Waals surface area contributed by atoms with Gasteiger partial charge in [-0.2, -0.15) is 5.26 Å². The second-order valence-electron chi connectivity index (χ2n) is 4.43. The van der Waals surface area contributed by atoms with Gasteiger partial charge in [-0.3, -0.25) is 4.79 Å². The molecule has 0 unspecified atom stereocenters. The number of ketones is 1. The lowest BCUT2D eigenvalue weighted by Crippen LogP contribution is -1.95. The van der Waals surface area contributed by atoms with Crippen LogP contribution in [0.25, 0.3) is 22.1 Å². The summed E-state index contributed by atoms with van der Waals surface area (Å²) < 4.78 is 10.8. The number of fused-ring (bicyclic) bond motifs is 1. The summed E-state index contributed by atoms with van der Waals surface area (Å²) in [6.45, 7) is 0. The van der Waals surface area contributed by atoms with Crippen LogP contribution in [0.4, 0.5) is 0 Å². The fourth-order valence-electron chi connectivity index (χ4n) is 2.12. The second kappa shape index (κ2) is 5.06. The number of nitriles is 1. The topological polar surface area (TPSA) is 67.1 Å². The highest BCUT2D eigenvalue weighted by Crippen LogP contribution is 2.31. The van der Waals surface area contributed by atoms with Gasteiger partial charge in [-0.05, 0) is 12.1 Å². The number of hydrogen-bond acceptors (Lipinski definition) is 4. The molecule has 2 aromatic heterocycles. The summed E-state index contributed by atoms with van der Waals surface area (Å²) in [7, 11) is 0. The molecule has 0 bridgehead atoms. The fourth-order valence-corrected chi connectivity index (χ4v) is 2.12. The van der Waals surface area contributed by atoms with E-state index in [-0.39, 0.29) is 24.4 Å². The molecule has 0 aliphatic heterocycles. The van der Waals surface area contributed by atoms with E-state index in [4.69, 9.17) is 14.1 Å². The highest BCUT2D eigenvalue weighted by atomic mass is 16.3. The van der Waals surface area contributed by atoms with Crippen LogP contribution in [-0.2, 0) is 0 Å². The maximum absolute atomic E-state index is 11.8. The van der Waals surface area contributed by atoms with Gasteiger partial charge in [0.15, 0.2) is 11.5 Å². The van der Waals surface area contributed by atoms with E-state index in [1.807, 2.05) is 30.3 Å². The summed E-state index contributed by atoms with van der Waals surface area (Å²) >= 11 is 0. The standard InChI is InChI=1S/C16H11NO3/c17-7-3-5-14(18)16-8-11(9-19-16)13-10-20-15-6-2-1-4-12(13)15/h1-2,4,6,8-10H,3,5H2. The summed E-state index contributed by atoms with van der Waals surface area (Å²) in [5.41, 5.74) is 2.49. The monoisotopic (exact) mass is 265 g/mol. The molecule has 1 aromatic carbocycles. The minimum atomic E-state index is -0.161. The number of benzene rings is 1. The van der Waals surface area contributed by atoms with Gasteiger partial charge in [0.2, 0.25) is 0 Å². The van der Waals surface area contributed by atoms with Gasteiger partial charge in [-0.25, -0.2) is 0 Å². The van der Waals surface area contributed by atoms with Crippen molar-refractivity contribution in [3.63, 3.8) is 0 Å². The van der Waals surface area contributed by atoms with Crippen molar-refractivity contribution in [3.05, 3.63) is 48.6 Å². The van der Waals surface area contributed by atoms with Gasteiger partial charge in [0.05, 0.1) is 18.6 Å². The Balaban J connectivity index is 1.94. The lowest BCUT2D eigenvalue weighted by atomic mass is 10.1. The molecule has 0 fully saturated rings. The quantitative estimate of drug-likeness (QED) is 0.663. The highest BCUT2D eigenvalue weighted by molar-refractivity contribution is 5.98. The molecule has 0 N–H and O–H groups in total. The van der Waals surface area contributed by atoms with Crippen LogP contribution in [0.1, 0.15) is 23.4 Å². The second-order valence-corrected chi connectivity index (χ2v) is 4.43. The molecule has 0 saturated carbocycles. The first-order valence-corrected chi connectivity index (χ1v) is 6.25. The minimum Gasteiger partial charge on any atom is -0.464 e. The Labute approximate surface area is 115 Å². The van der Waals surface area contributed by atoms with Crippen molar-refractivity contribution in [1.29, 1.82) is 5.26 Å². The van der Waals surface area contributed by atoms with Crippen LogP contribution in [0.15, 0.2) is 51.7 Å². The zero-order valence-corrected chi connectivity index (χ0v) is 10.6. The number of carbonyl (C=O) groups is 1. The molecule has 98 valence electrons. The molecule has 0 aliphatic rings. The summed E-state index contributed by atoms with van der Waals surface area (Å²) in [5.74, 6) is 0.117. The van der Waals surface area contributed by atoms with Crippen molar-refractivity contribution in [2.45, 2.75) is 12.8 Å². The van der Waals surface area contributed by atoms with E-state index >= 15 is 0 Å². The lowest BCUT2D eigenvalue weighted by Gasteiger charge is -1.91. The van der Waals surface area contributed by atoms with E-state index in [0.29, 0.717) is 0 Å². The Hall–Kier alpha value is -2.80. The maximum atomic E-state index is 11.8. The van der Waals surface area contributed by atoms with E-state index in [9.17, 15) is 4.79 Å². The number of Topliss-reactive ketones (excluding diaryl/α,β-unsaturated/α-hetero) is 1. The van der Waals surface area contributed by atoms with Crippen LogP contribution in [-0.4, -0.2) is 5.78 Å². The third-order valence-electron chi connectivity index (χ3n) is 3.13. The highest BCUT2D eigenvalue weighted by Gasteiger charge is 2.14. The summed E-state index contributed by atoms with van der Waals surface area (Å²) in [6, 6.07) is 11.3. The van der Waals surface area contributed by atoms with E-state index < -0.39 is 0 Å². The van der Waals surface area contributed by atoms with Gasteiger partial charge < -0.3 is 8.83 Å². The summed E-state index contributed by atoms with van der Waals surface area (Å²) in [4.78, 5) is 11.8. The molecule has 0 aliphatic carbocycles. The van der Waals surface area contributed by atoms with Crippen LogP contribution in [0, 0.1) is 11.3 Å². The molecule has 0 radical (unpaired) electrons. The number of para-hydroxylation sites is 1. The first-order chi connectivity index (χ1) is 9.79. The Bertz CT molecular complexity index is 804. The van der Waals surface area contributed by atoms with Crippen LogP contribution < -0.4 is 0 Å². The molecule has 20 heavy (non-hydrogen) atoms. The van der Waals surface area contributed by atoms with Crippen molar-refractivity contribution >= 4 is 16.8 Å². The maximum Gasteiger partial charge on any atom is 0.199 e. The van der Waals surface area contributed by atoms with Gasteiger partial charge in [0, 0.05) is 29.4 Å². The first kappa shape index (κ1) is 12.2. The number of nitrogens with zero attached hydrogens (tertiary/aromatic N) is 1. The Morgan fingerprint density at radius 1 is 1.20 bits per heavy atom. The Morgan fingerprint density at radius 3 is 2.90 bits per heavy atom. The molecule has 4 heteroatoms. The molecule has 0 atom stereocenters. The van der Waals surface area contributed by atoms with E-state index in [2.05, 4.69) is 0 Å². The average Bonchev–Trinajstić information content (AvgIpc) is 3.10. The molecule has 0 amide bonds. The molecule has 0 saturated heterocycles. The van der Waals surface area contributed by atoms with Crippen molar-refractivity contribution in [1.82, 2.24) is 0 Å². The van der Waals surface area contributed by atoms with Crippen molar-refractivity contribution < 1.29 is 13.6 Å². The Morgan fingerprint density at radius 2 is 2.05 bits per heavy atom. The van der Waals surface area contributed by atoms with Crippen LogP contribution in [0.5, 0.6) is 0 Å². The van der Waals surface area contributed by atoms with Gasteiger partial charge in [0.25, 0.3) is 0 Å². The van der Waals surface area contributed by atoms with Gasteiger partial charge in [-0.1, -0.05) is 18.2 Å². The lowest BCUT2D eigenvalue weighted by molar-refractivity contribution is 0.0957. The van der Waals surface area contributed by atoms with Gasteiger partial charge in [0.1, 0.15) is 5.58 Å². The van der Waals surface area contributed by atoms with E-state index in [1.54, 1.807) is 12.3 Å². The number of furan rings is 2. The molecule has 0 spiro atoms. The first-order valence-electron chi connectivity index (χ1n) is 6.25. The predicted molar refractivity (Wildman–Crippen MR) is 73.1 cm³/mol. The zero-order valence-electron chi connectivity index (χ0n) is 10.6. The third kappa shape index (κ3) is 2.10. The molecule has 3 aromatic rings. The predicted octanol–water partition coefficient (Wildman–Crippen LogP) is 4.18. The third-order valence-corrected chi connectivity index (χ3v) is 3.13.